The highest BCUT2D eigenvalue weighted by Crippen LogP contribution is 2.37. The zero-order chi connectivity index (χ0) is 27.7. The van der Waals surface area contributed by atoms with Gasteiger partial charge >= 0.3 is 0 Å². The van der Waals surface area contributed by atoms with E-state index in [2.05, 4.69) is 41.4 Å². The Bertz CT molecular complexity index is 1220. The number of carbonyl (C=O) groups is 2. The smallest absolute Gasteiger partial charge is 0.243 e. The lowest BCUT2D eigenvalue weighted by Gasteiger charge is -2.30. The van der Waals surface area contributed by atoms with Gasteiger partial charge in [0.05, 0.1) is 16.3 Å². The van der Waals surface area contributed by atoms with Gasteiger partial charge in [0.15, 0.2) is 0 Å². The molecule has 2 aliphatic rings. The number of carbonyl (C=O) groups excluding carboxylic acids is 2. The van der Waals surface area contributed by atoms with Gasteiger partial charge in [0, 0.05) is 37.6 Å². The van der Waals surface area contributed by atoms with Crippen LogP contribution < -0.4 is 10.2 Å². The Hall–Kier alpha value is -2.40. The predicted octanol–water partition coefficient (Wildman–Crippen LogP) is 4.11. The first kappa shape index (κ1) is 29.6. The van der Waals surface area contributed by atoms with E-state index < -0.39 is 10.0 Å². The van der Waals surface area contributed by atoms with Gasteiger partial charge in [-0.3, -0.25) is 14.5 Å². The molecule has 1 N–H and O–H groups in total. The van der Waals surface area contributed by atoms with Crippen molar-refractivity contribution in [1.29, 1.82) is 0 Å². The molecule has 0 radical (unpaired) electrons. The fourth-order valence-corrected chi connectivity index (χ4v) is 7.45. The number of hydrogen-bond donors (Lipinski definition) is 1. The molecule has 0 unspecified atom stereocenters. The minimum absolute atomic E-state index is 0.122. The van der Waals surface area contributed by atoms with Crippen molar-refractivity contribution in [3.8, 4) is 0 Å². The van der Waals surface area contributed by atoms with Crippen LogP contribution in [0.5, 0.6) is 0 Å². The number of benzene rings is 2. The third-order valence-corrected chi connectivity index (χ3v) is 10.1. The van der Waals surface area contributed by atoms with Crippen molar-refractivity contribution in [3.63, 3.8) is 0 Å². The molecule has 1 saturated heterocycles. The number of amides is 2. The summed E-state index contributed by atoms with van der Waals surface area (Å²) in [6.07, 6.45) is 5.81. The molecule has 2 aromatic carbocycles. The maximum atomic E-state index is 13.2. The fraction of sp³-hybridized carbons (Fsp3) is 0.517. The summed E-state index contributed by atoms with van der Waals surface area (Å²) in [5, 5.41) is 2.96. The quantitative estimate of drug-likeness (QED) is 0.364. The summed E-state index contributed by atoms with van der Waals surface area (Å²) >= 11 is 1.38. The van der Waals surface area contributed by atoms with Gasteiger partial charge in [-0.25, -0.2) is 8.42 Å². The lowest BCUT2D eigenvalue weighted by molar-refractivity contribution is -0.123. The highest BCUT2D eigenvalue weighted by atomic mass is 32.2. The van der Waals surface area contributed by atoms with E-state index >= 15 is 0 Å². The Balaban J connectivity index is 1.34. The molecule has 0 spiro atoms. The molecular weight excluding hydrogens is 532 g/mol. The summed E-state index contributed by atoms with van der Waals surface area (Å²) in [6, 6.07) is 15.3. The van der Waals surface area contributed by atoms with Crippen molar-refractivity contribution in [2.24, 2.45) is 0 Å². The van der Waals surface area contributed by atoms with Crippen LogP contribution in [0, 0.1) is 0 Å². The van der Waals surface area contributed by atoms with Crippen molar-refractivity contribution in [2.45, 2.75) is 61.8 Å². The maximum Gasteiger partial charge on any atom is 0.243 e. The van der Waals surface area contributed by atoms with Crippen molar-refractivity contribution >= 4 is 39.3 Å². The van der Waals surface area contributed by atoms with Crippen molar-refractivity contribution in [1.82, 2.24) is 14.5 Å². The zero-order valence-electron chi connectivity index (χ0n) is 22.8. The van der Waals surface area contributed by atoms with E-state index in [4.69, 9.17) is 0 Å². The third kappa shape index (κ3) is 8.06. The number of piperidine rings is 1. The second kappa shape index (κ2) is 14.3. The van der Waals surface area contributed by atoms with Gasteiger partial charge in [-0.15, -0.1) is 11.8 Å². The van der Waals surface area contributed by atoms with Gasteiger partial charge in [-0.2, -0.15) is 4.31 Å². The Morgan fingerprint density at radius 2 is 1.77 bits per heavy atom. The Morgan fingerprint density at radius 1 is 1.03 bits per heavy atom. The topological polar surface area (TPSA) is 90.0 Å². The van der Waals surface area contributed by atoms with E-state index in [1.54, 1.807) is 18.2 Å². The van der Waals surface area contributed by atoms with Gasteiger partial charge in [0.1, 0.15) is 6.54 Å². The second-order valence-corrected chi connectivity index (χ2v) is 13.1. The van der Waals surface area contributed by atoms with Crippen LogP contribution >= 0.6 is 11.8 Å². The highest BCUT2D eigenvalue weighted by Gasteiger charge is 2.31. The van der Waals surface area contributed by atoms with Gasteiger partial charge in [-0.05, 0) is 56.0 Å². The summed E-state index contributed by atoms with van der Waals surface area (Å²) in [5.74, 6) is -0.206. The van der Waals surface area contributed by atoms with E-state index in [1.165, 1.54) is 26.5 Å². The number of rotatable bonds is 13. The number of sulfonamides is 1. The molecule has 39 heavy (non-hydrogen) atoms. The molecule has 2 amide bonds. The molecule has 0 saturated carbocycles. The molecular formula is C29H40N4O4S2. The minimum atomic E-state index is -3.64. The Kier molecular flexibility index (Phi) is 10.8. The van der Waals surface area contributed by atoms with Crippen LogP contribution in [0.25, 0.3) is 0 Å². The van der Waals surface area contributed by atoms with E-state index in [0.717, 1.165) is 63.1 Å². The molecule has 0 bridgehead atoms. The van der Waals surface area contributed by atoms with Crippen molar-refractivity contribution in [2.75, 3.05) is 49.9 Å². The number of anilines is 1. The summed E-state index contributed by atoms with van der Waals surface area (Å²) < 4.78 is 28.0. The third-order valence-electron chi connectivity index (χ3n) is 7.18. The fourth-order valence-electron chi connectivity index (χ4n) is 4.99. The monoisotopic (exact) mass is 572 g/mol. The predicted molar refractivity (Wildman–Crippen MR) is 156 cm³/mol. The maximum absolute atomic E-state index is 13.2. The summed E-state index contributed by atoms with van der Waals surface area (Å²) in [5.41, 5.74) is 1.78. The molecule has 0 aliphatic carbocycles. The second-order valence-electron chi connectivity index (χ2n) is 10.2. The number of thioether (sulfide) groups is 1. The number of nitrogens with zero attached hydrogens (tertiary/aromatic N) is 3. The summed E-state index contributed by atoms with van der Waals surface area (Å²) in [4.78, 5) is 30.5. The van der Waals surface area contributed by atoms with Gasteiger partial charge in [0.2, 0.25) is 21.8 Å². The molecule has 4 rings (SSSR count). The van der Waals surface area contributed by atoms with Crippen LogP contribution in [0.15, 0.2) is 58.3 Å². The Morgan fingerprint density at radius 3 is 2.51 bits per heavy atom. The average Bonchev–Trinajstić information content (AvgIpc) is 2.96. The molecule has 10 heteroatoms. The lowest BCUT2D eigenvalue weighted by atomic mass is 10.2. The molecule has 2 heterocycles. The van der Waals surface area contributed by atoms with Gasteiger partial charge in [0.25, 0.3) is 0 Å². The first-order valence-electron chi connectivity index (χ1n) is 14.0. The van der Waals surface area contributed by atoms with Crippen LogP contribution in [0.4, 0.5) is 5.69 Å². The molecule has 0 aromatic heterocycles. The molecule has 212 valence electrons. The standard InChI is InChI=1S/C29H40N4O4S2/c1-2-3-16-31(21-24-11-6-4-7-12-24)17-10-15-30-28(34)22-33-26-20-25(13-14-27(26)38-23-29(33)35)39(36,37)32-18-8-5-9-19-32/h4,6-7,11-14,20H,2-3,5,8-10,15-19,21-23H2,1H3,(H,30,34). The van der Waals surface area contributed by atoms with E-state index in [9.17, 15) is 18.0 Å². The number of unbranched alkanes of at least 4 members (excludes halogenated alkanes) is 1. The van der Waals surface area contributed by atoms with Crippen molar-refractivity contribution in [3.05, 3.63) is 54.1 Å². The Labute approximate surface area is 237 Å². The normalized spacial score (nSPS) is 16.4. The van der Waals surface area contributed by atoms with Gasteiger partial charge < -0.3 is 10.2 Å². The van der Waals surface area contributed by atoms with Crippen LogP contribution in [0.3, 0.4) is 0 Å². The van der Waals surface area contributed by atoms with E-state index in [0.29, 0.717) is 25.3 Å². The lowest BCUT2D eigenvalue weighted by Crippen LogP contribution is -2.44. The minimum Gasteiger partial charge on any atom is -0.355 e. The largest absolute Gasteiger partial charge is 0.355 e. The number of fused-ring (bicyclic) bond motifs is 1. The molecule has 8 nitrogen and oxygen atoms in total. The van der Waals surface area contributed by atoms with E-state index in [-0.39, 0.29) is 29.0 Å². The van der Waals surface area contributed by atoms with Crippen LogP contribution in [0.2, 0.25) is 0 Å². The highest BCUT2D eigenvalue weighted by molar-refractivity contribution is 8.00. The molecule has 2 aliphatic heterocycles. The first-order chi connectivity index (χ1) is 18.9. The summed E-state index contributed by atoms with van der Waals surface area (Å²) in [6.45, 7) is 6.38. The summed E-state index contributed by atoms with van der Waals surface area (Å²) in [7, 11) is -3.64. The zero-order valence-corrected chi connectivity index (χ0v) is 24.4. The number of nitrogens with one attached hydrogen (secondary N) is 1. The molecule has 2 aromatic rings. The first-order valence-corrected chi connectivity index (χ1v) is 16.4. The average molecular weight is 573 g/mol. The molecule has 1 fully saturated rings. The van der Waals surface area contributed by atoms with Crippen LogP contribution in [-0.4, -0.2) is 74.5 Å². The van der Waals surface area contributed by atoms with Crippen LogP contribution in [0.1, 0.15) is 51.0 Å². The van der Waals surface area contributed by atoms with E-state index in [1.807, 2.05) is 6.07 Å². The van der Waals surface area contributed by atoms with Crippen molar-refractivity contribution < 1.29 is 18.0 Å². The van der Waals surface area contributed by atoms with Crippen LogP contribution in [-0.2, 0) is 26.2 Å². The molecule has 0 atom stereocenters. The van der Waals surface area contributed by atoms with Gasteiger partial charge in [-0.1, -0.05) is 50.1 Å². The SMILES string of the molecule is CCCCN(CCCNC(=O)CN1C(=O)CSc2ccc(S(=O)(=O)N3CCCCC3)cc21)Cc1ccccc1. The number of hydrogen-bond acceptors (Lipinski definition) is 6.